The number of likely N-dealkylation sites (N-methyl/N-ethyl adjacent to an activating group) is 2. The lowest BCUT2D eigenvalue weighted by molar-refractivity contribution is -0.128. The Balaban J connectivity index is 0.000000389. The highest BCUT2D eigenvalue weighted by Crippen LogP contribution is 2.27. The zero-order valence-electron chi connectivity index (χ0n) is 24.5. The van der Waals surface area contributed by atoms with E-state index in [0.717, 1.165) is 17.3 Å². The third-order valence-electron chi connectivity index (χ3n) is 6.09. The molecule has 0 radical (unpaired) electrons. The third-order valence-corrected chi connectivity index (χ3v) is 8.20. The first-order chi connectivity index (χ1) is 17.7. The number of ether oxygens (including phenoxy) is 1. The number of ketones is 1. The molecule has 0 aliphatic heterocycles. The van der Waals surface area contributed by atoms with Crippen molar-refractivity contribution in [3.8, 4) is 5.75 Å². The van der Waals surface area contributed by atoms with Crippen LogP contribution in [0.5, 0.6) is 5.75 Å². The molecule has 8 nitrogen and oxygen atoms in total. The van der Waals surface area contributed by atoms with E-state index in [1.54, 1.807) is 37.8 Å². The van der Waals surface area contributed by atoms with Gasteiger partial charge in [0, 0.05) is 40.5 Å². The summed E-state index contributed by atoms with van der Waals surface area (Å²) in [5.41, 5.74) is 3.74. The summed E-state index contributed by atoms with van der Waals surface area (Å²) in [5, 5.41) is 0. The average molecular weight is 548 g/mol. The Bertz CT molecular complexity index is 1140. The van der Waals surface area contributed by atoms with Crippen LogP contribution in [0.3, 0.4) is 0 Å². The van der Waals surface area contributed by atoms with E-state index in [-0.39, 0.29) is 23.1 Å². The van der Waals surface area contributed by atoms with Crippen LogP contribution in [0.4, 0.5) is 0 Å². The molecule has 0 saturated carbocycles. The van der Waals surface area contributed by atoms with Gasteiger partial charge in [0.2, 0.25) is 15.9 Å². The van der Waals surface area contributed by atoms with Crippen LogP contribution in [-0.4, -0.2) is 82.6 Å². The van der Waals surface area contributed by atoms with Crippen molar-refractivity contribution < 1.29 is 22.7 Å². The second kappa shape index (κ2) is 15.6. The van der Waals surface area contributed by atoms with Crippen LogP contribution in [0, 0.1) is 13.8 Å². The summed E-state index contributed by atoms with van der Waals surface area (Å²) in [5.74, 6) is 0.641. The molecule has 1 amide bonds. The summed E-state index contributed by atoms with van der Waals surface area (Å²) < 4.78 is 31.5. The summed E-state index contributed by atoms with van der Waals surface area (Å²) in [6.45, 7) is 8.58. The molecule has 0 aromatic heterocycles. The first-order valence-corrected chi connectivity index (χ1v) is 14.2. The molecule has 0 spiro atoms. The van der Waals surface area contributed by atoms with Gasteiger partial charge < -0.3 is 14.5 Å². The Labute approximate surface area is 229 Å². The maximum Gasteiger partial charge on any atom is 0.243 e. The van der Waals surface area contributed by atoms with Crippen LogP contribution in [0.1, 0.15) is 48.9 Å². The fourth-order valence-corrected chi connectivity index (χ4v) is 5.39. The monoisotopic (exact) mass is 547 g/mol. The number of hydrogen-bond donors (Lipinski definition) is 0. The Morgan fingerprint density at radius 3 is 1.89 bits per heavy atom. The maximum absolute atomic E-state index is 12.6. The second-order valence-electron chi connectivity index (χ2n) is 9.88. The molecule has 0 bridgehead atoms. The molecule has 0 fully saturated rings. The number of benzene rings is 2. The van der Waals surface area contributed by atoms with Gasteiger partial charge in [-0.2, -0.15) is 4.31 Å². The Hall–Kier alpha value is -2.75. The van der Waals surface area contributed by atoms with Gasteiger partial charge in [0.1, 0.15) is 11.5 Å². The molecule has 0 heterocycles. The summed E-state index contributed by atoms with van der Waals surface area (Å²) in [7, 11) is 5.28. The molecular weight excluding hydrogens is 502 g/mol. The minimum absolute atomic E-state index is 0.0765. The highest BCUT2D eigenvalue weighted by molar-refractivity contribution is 7.89. The van der Waals surface area contributed by atoms with Gasteiger partial charge in [-0.25, -0.2) is 8.42 Å². The first-order valence-electron chi connectivity index (χ1n) is 12.8. The number of rotatable bonds is 12. The number of carbonyl (C=O) groups is 2. The van der Waals surface area contributed by atoms with Gasteiger partial charge >= 0.3 is 0 Å². The highest BCUT2D eigenvalue weighted by atomic mass is 32.2. The molecule has 0 unspecified atom stereocenters. The molecule has 0 aliphatic rings. The number of methoxy groups -OCH3 is 1. The van der Waals surface area contributed by atoms with Crippen LogP contribution in [0.15, 0.2) is 41.3 Å². The Morgan fingerprint density at radius 2 is 1.45 bits per heavy atom. The standard InChI is InChI=1S/C15H23NO4S.C14H22N2O/c1-6-7-13(17)10-16(4)21(18,19)15-11(2)8-14(20-5)9-12(15)3;1-12(17)16(4)11-14-7-5-13(6-8-14)9-10-15(2)3/h8-9H,6-7,10H2,1-5H3;5-8H,9-11H2,1-4H3. The molecule has 0 aliphatic carbocycles. The summed E-state index contributed by atoms with van der Waals surface area (Å²) in [4.78, 5) is 26.9. The largest absolute Gasteiger partial charge is 0.497 e. The normalized spacial score (nSPS) is 11.2. The van der Waals surface area contributed by atoms with E-state index in [1.165, 1.54) is 25.3 Å². The Morgan fingerprint density at radius 1 is 0.921 bits per heavy atom. The number of carbonyl (C=O) groups excluding carboxylic acids is 2. The van der Waals surface area contributed by atoms with Crippen molar-refractivity contribution >= 4 is 21.7 Å². The molecule has 9 heteroatoms. The summed E-state index contributed by atoms with van der Waals surface area (Å²) in [6.07, 6.45) is 2.17. The van der Waals surface area contributed by atoms with Crippen molar-refractivity contribution in [2.24, 2.45) is 0 Å². The molecule has 212 valence electrons. The lowest BCUT2D eigenvalue weighted by Crippen LogP contribution is -2.33. The molecule has 2 aromatic carbocycles. The van der Waals surface area contributed by atoms with Gasteiger partial charge in [0.15, 0.2) is 0 Å². The minimum atomic E-state index is -3.68. The molecule has 0 N–H and O–H groups in total. The zero-order chi connectivity index (χ0) is 29.0. The van der Waals surface area contributed by atoms with Crippen molar-refractivity contribution in [1.29, 1.82) is 0 Å². The Kier molecular flexibility index (Phi) is 13.7. The number of hydrogen-bond acceptors (Lipinski definition) is 6. The third kappa shape index (κ3) is 10.6. The SMILES string of the molecule is CC(=O)N(C)Cc1ccc(CCN(C)C)cc1.CCCC(=O)CN(C)S(=O)(=O)c1c(C)cc(OC)cc1C. The number of aryl methyl sites for hydroxylation is 2. The predicted molar refractivity (Wildman–Crippen MR) is 153 cm³/mol. The molecule has 38 heavy (non-hydrogen) atoms. The van der Waals surface area contributed by atoms with E-state index in [0.29, 0.717) is 36.3 Å². The number of nitrogens with zero attached hydrogens (tertiary/aromatic N) is 3. The molecule has 2 rings (SSSR count). The van der Waals surface area contributed by atoms with Crippen molar-refractivity contribution in [3.63, 3.8) is 0 Å². The van der Waals surface area contributed by atoms with Gasteiger partial charge in [-0.05, 0) is 75.2 Å². The minimum Gasteiger partial charge on any atom is -0.497 e. The maximum atomic E-state index is 12.6. The van der Waals surface area contributed by atoms with Crippen LogP contribution in [0.25, 0.3) is 0 Å². The van der Waals surface area contributed by atoms with E-state index in [9.17, 15) is 18.0 Å². The zero-order valence-corrected chi connectivity index (χ0v) is 25.3. The quantitative estimate of drug-likeness (QED) is 0.398. The molecule has 0 atom stereocenters. The summed E-state index contributed by atoms with van der Waals surface area (Å²) in [6, 6.07) is 11.9. The van der Waals surface area contributed by atoms with Gasteiger partial charge in [-0.1, -0.05) is 31.2 Å². The van der Waals surface area contributed by atoms with Crippen LogP contribution >= 0.6 is 0 Å². The average Bonchev–Trinajstić information content (AvgIpc) is 2.83. The van der Waals surface area contributed by atoms with Crippen LogP contribution in [0.2, 0.25) is 0 Å². The lowest BCUT2D eigenvalue weighted by atomic mass is 10.1. The fraction of sp³-hybridized carbons (Fsp3) is 0.517. The second-order valence-corrected chi connectivity index (χ2v) is 11.9. The molecule has 2 aromatic rings. The van der Waals surface area contributed by atoms with Crippen LogP contribution in [-0.2, 0) is 32.6 Å². The van der Waals surface area contributed by atoms with Gasteiger partial charge in [-0.3, -0.25) is 9.59 Å². The first kappa shape index (κ1) is 33.3. The van der Waals surface area contributed by atoms with Gasteiger partial charge in [0.05, 0.1) is 18.6 Å². The van der Waals surface area contributed by atoms with Crippen molar-refractivity contribution in [2.45, 2.75) is 58.4 Å². The van der Waals surface area contributed by atoms with E-state index < -0.39 is 10.0 Å². The van der Waals surface area contributed by atoms with E-state index >= 15 is 0 Å². The predicted octanol–water partition coefficient (Wildman–Crippen LogP) is 4.07. The number of amides is 1. The number of Topliss-reactive ketones (excluding diaryl/α,β-unsaturated/α-hetero) is 1. The summed E-state index contributed by atoms with van der Waals surface area (Å²) >= 11 is 0. The van der Waals surface area contributed by atoms with Crippen molar-refractivity contribution in [2.75, 3.05) is 48.4 Å². The smallest absolute Gasteiger partial charge is 0.243 e. The lowest BCUT2D eigenvalue weighted by Gasteiger charge is -2.20. The molecular formula is C29H45N3O5S. The fourth-order valence-electron chi connectivity index (χ4n) is 3.83. The number of sulfonamides is 1. The van der Waals surface area contributed by atoms with Gasteiger partial charge in [0.25, 0.3) is 0 Å². The van der Waals surface area contributed by atoms with Gasteiger partial charge in [-0.15, -0.1) is 0 Å². The van der Waals surface area contributed by atoms with E-state index in [2.05, 4.69) is 43.3 Å². The van der Waals surface area contributed by atoms with Crippen molar-refractivity contribution in [1.82, 2.24) is 14.1 Å². The molecule has 0 saturated heterocycles. The van der Waals surface area contributed by atoms with E-state index in [4.69, 9.17) is 4.74 Å². The van der Waals surface area contributed by atoms with E-state index in [1.807, 2.05) is 14.0 Å². The highest BCUT2D eigenvalue weighted by Gasteiger charge is 2.26. The van der Waals surface area contributed by atoms with Crippen LogP contribution < -0.4 is 4.74 Å². The van der Waals surface area contributed by atoms with Crippen molar-refractivity contribution in [3.05, 3.63) is 58.7 Å². The topological polar surface area (TPSA) is 87.2 Å².